The maximum Gasteiger partial charge on any atom is 0.255 e. The largest absolute Gasteiger partial charge is 0.352 e. The number of carbonyl (C=O) groups is 1. The van der Waals surface area contributed by atoms with E-state index in [9.17, 15) is 9.59 Å². The molecule has 164 valence electrons. The third-order valence-electron chi connectivity index (χ3n) is 5.75. The first-order valence-corrected chi connectivity index (χ1v) is 10.9. The maximum absolute atomic E-state index is 13.2. The summed E-state index contributed by atoms with van der Waals surface area (Å²) in [6.07, 6.45) is 0.609. The monoisotopic (exact) mass is 448 g/mol. The third-order valence-corrected chi connectivity index (χ3v) is 6.00. The Labute approximate surface area is 191 Å². The predicted octanol–water partition coefficient (Wildman–Crippen LogP) is 4.24. The molecule has 1 N–H and O–H groups in total. The molecule has 2 heterocycles. The number of nitrogens with zero attached hydrogens (tertiary/aromatic N) is 3. The van der Waals surface area contributed by atoms with Crippen LogP contribution in [0.3, 0.4) is 0 Å². The quantitative estimate of drug-likeness (QED) is 0.479. The van der Waals surface area contributed by atoms with E-state index in [-0.39, 0.29) is 17.9 Å². The minimum atomic E-state index is -0.0995. The molecular formula is C25H25ClN4O2. The Hall–Kier alpha value is -3.38. The molecule has 0 aliphatic rings. The maximum atomic E-state index is 13.2. The fraction of sp³-hybridized carbons (Fsp3) is 0.240. The van der Waals surface area contributed by atoms with Crippen LogP contribution in [0.1, 0.15) is 28.8 Å². The van der Waals surface area contributed by atoms with Crippen LogP contribution in [0.15, 0.2) is 59.4 Å². The topological polar surface area (TPSA) is 68.9 Å². The van der Waals surface area contributed by atoms with Crippen LogP contribution in [0.25, 0.3) is 16.7 Å². The van der Waals surface area contributed by atoms with Crippen LogP contribution >= 0.6 is 11.6 Å². The van der Waals surface area contributed by atoms with Gasteiger partial charge >= 0.3 is 0 Å². The first kappa shape index (κ1) is 21.8. The Kier molecular flexibility index (Phi) is 6.15. The number of benzene rings is 2. The molecule has 4 aromatic rings. The molecule has 32 heavy (non-hydrogen) atoms. The van der Waals surface area contributed by atoms with Crippen molar-refractivity contribution in [2.24, 2.45) is 7.05 Å². The van der Waals surface area contributed by atoms with Gasteiger partial charge in [0.1, 0.15) is 5.65 Å². The molecule has 1 amide bonds. The molecule has 2 aromatic carbocycles. The molecule has 6 nitrogen and oxygen atoms in total. The summed E-state index contributed by atoms with van der Waals surface area (Å²) < 4.78 is 3.44. The number of aromatic nitrogens is 3. The zero-order valence-corrected chi connectivity index (χ0v) is 19.1. The molecule has 0 unspecified atom stereocenters. The normalized spacial score (nSPS) is 11.1. The first-order chi connectivity index (χ1) is 15.4. The summed E-state index contributed by atoms with van der Waals surface area (Å²) in [4.78, 5) is 25.6. The second-order valence-corrected chi connectivity index (χ2v) is 8.34. The average molecular weight is 449 g/mol. The van der Waals surface area contributed by atoms with Gasteiger partial charge in [0, 0.05) is 36.0 Å². The number of halogens is 1. The standard InChI is InChI=1S/C25H25ClN4O2/c1-16-21(13-14-22(31)27-15-18-9-11-19(26)12-10-18)25(32)29(3)24-23(16)17(2)28-30(24)20-7-5-4-6-8-20/h4-12H,13-15H2,1-3H3,(H,27,31). The minimum Gasteiger partial charge on any atom is -0.352 e. The van der Waals surface area contributed by atoms with Crippen molar-refractivity contribution >= 4 is 28.5 Å². The Bertz CT molecular complexity index is 1340. The van der Waals surface area contributed by atoms with Crippen LogP contribution in [0.2, 0.25) is 5.02 Å². The number of para-hydroxylation sites is 1. The summed E-state index contributed by atoms with van der Waals surface area (Å²) in [5, 5.41) is 9.22. The van der Waals surface area contributed by atoms with E-state index in [4.69, 9.17) is 16.7 Å². The zero-order valence-electron chi connectivity index (χ0n) is 18.4. The number of hydrogen-bond acceptors (Lipinski definition) is 3. The van der Waals surface area contributed by atoms with Gasteiger partial charge in [-0.15, -0.1) is 0 Å². The van der Waals surface area contributed by atoms with Gasteiger partial charge in [-0.2, -0.15) is 5.10 Å². The Morgan fingerprint density at radius 1 is 1.06 bits per heavy atom. The van der Waals surface area contributed by atoms with Crippen LogP contribution in [0.4, 0.5) is 0 Å². The molecule has 2 aromatic heterocycles. The highest BCUT2D eigenvalue weighted by Gasteiger charge is 2.20. The van der Waals surface area contributed by atoms with Gasteiger partial charge in [0.05, 0.1) is 11.4 Å². The van der Waals surface area contributed by atoms with E-state index in [2.05, 4.69) is 5.32 Å². The molecule has 0 aliphatic heterocycles. The van der Waals surface area contributed by atoms with Crippen molar-refractivity contribution in [3.63, 3.8) is 0 Å². The molecule has 7 heteroatoms. The van der Waals surface area contributed by atoms with Crippen molar-refractivity contribution in [1.82, 2.24) is 19.7 Å². The summed E-state index contributed by atoms with van der Waals surface area (Å²) in [7, 11) is 1.76. The van der Waals surface area contributed by atoms with Crippen molar-refractivity contribution in [1.29, 1.82) is 0 Å². The van der Waals surface area contributed by atoms with E-state index in [0.717, 1.165) is 33.5 Å². The third kappa shape index (κ3) is 4.18. The molecule has 4 rings (SSSR count). The molecule has 0 spiro atoms. The summed E-state index contributed by atoms with van der Waals surface area (Å²) in [5.74, 6) is -0.0989. The van der Waals surface area contributed by atoms with Crippen molar-refractivity contribution in [3.8, 4) is 5.69 Å². The lowest BCUT2D eigenvalue weighted by atomic mass is 10.0. The molecule has 0 atom stereocenters. The number of hydrogen-bond donors (Lipinski definition) is 1. The SMILES string of the molecule is Cc1nn(-c2ccccc2)c2c1c(C)c(CCC(=O)NCc1ccc(Cl)cc1)c(=O)n2C. The number of nitrogens with one attached hydrogen (secondary N) is 1. The van der Waals surface area contributed by atoms with Gasteiger partial charge in [0.2, 0.25) is 5.91 Å². The lowest BCUT2D eigenvalue weighted by Crippen LogP contribution is -2.27. The smallest absolute Gasteiger partial charge is 0.255 e. The van der Waals surface area contributed by atoms with Crippen LogP contribution in [0, 0.1) is 13.8 Å². The van der Waals surface area contributed by atoms with Crippen LogP contribution in [-0.4, -0.2) is 20.3 Å². The number of amides is 1. The fourth-order valence-electron chi connectivity index (χ4n) is 4.05. The van der Waals surface area contributed by atoms with Crippen LogP contribution in [-0.2, 0) is 24.8 Å². The van der Waals surface area contributed by atoms with E-state index in [0.29, 0.717) is 23.6 Å². The lowest BCUT2D eigenvalue weighted by Gasteiger charge is -2.13. The van der Waals surface area contributed by atoms with Crippen molar-refractivity contribution in [2.45, 2.75) is 33.2 Å². The molecule has 0 saturated heterocycles. The summed E-state index contributed by atoms with van der Waals surface area (Å²) >= 11 is 5.90. The summed E-state index contributed by atoms with van der Waals surface area (Å²) in [6, 6.07) is 17.1. The van der Waals surface area contributed by atoms with Crippen LogP contribution < -0.4 is 10.9 Å². The summed E-state index contributed by atoms with van der Waals surface area (Å²) in [5.41, 5.74) is 4.91. The Morgan fingerprint density at radius 2 is 1.75 bits per heavy atom. The molecule has 0 radical (unpaired) electrons. The molecule has 0 aliphatic carbocycles. The van der Waals surface area contributed by atoms with Gasteiger partial charge in [-0.25, -0.2) is 4.68 Å². The van der Waals surface area contributed by atoms with Crippen LogP contribution in [0.5, 0.6) is 0 Å². The number of rotatable bonds is 6. The van der Waals surface area contributed by atoms with Gasteiger partial charge in [-0.1, -0.05) is 41.9 Å². The van der Waals surface area contributed by atoms with Gasteiger partial charge in [0.15, 0.2) is 0 Å². The minimum absolute atomic E-state index is 0.0989. The van der Waals surface area contributed by atoms with Crippen molar-refractivity contribution < 1.29 is 4.79 Å². The van der Waals surface area contributed by atoms with Gasteiger partial charge in [-0.05, 0) is 55.7 Å². The van der Waals surface area contributed by atoms with E-state index in [1.807, 2.05) is 61.0 Å². The Morgan fingerprint density at radius 3 is 2.44 bits per heavy atom. The lowest BCUT2D eigenvalue weighted by molar-refractivity contribution is -0.121. The average Bonchev–Trinajstić information content (AvgIpc) is 3.15. The van der Waals surface area contributed by atoms with E-state index in [1.54, 1.807) is 23.7 Å². The fourth-order valence-corrected chi connectivity index (χ4v) is 4.17. The number of fused-ring (bicyclic) bond motifs is 1. The summed E-state index contributed by atoms with van der Waals surface area (Å²) in [6.45, 7) is 4.31. The highest BCUT2D eigenvalue weighted by molar-refractivity contribution is 6.30. The molecular weight excluding hydrogens is 424 g/mol. The highest BCUT2D eigenvalue weighted by Crippen LogP contribution is 2.25. The predicted molar refractivity (Wildman–Crippen MR) is 127 cm³/mol. The van der Waals surface area contributed by atoms with Gasteiger partial charge in [0.25, 0.3) is 5.56 Å². The van der Waals surface area contributed by atoms with Gasteiger partial charge in [-0.3, -0.25) is 14.2 Å². The number of pyridine rings is 1. The zero-order chi connectivity index (χ0) is 22.8. The van der Waals surface area contributed by atoms with Crippen molar-refractivity contribution in [3.05, 3.63) is 92.4 Å². The molecule has 0 bridgehead atoms. The van der Waals surface area contributed by atoms with E-state index in [1.165, 1.54) is 0 Å². The number of aryl methyl sites for hydroxylation is 3. The second kappa shape index (κ2) is 9.01. The number of carbonyl (C=O) groups excluding carboxylic acids is 1. The van der Waals surface area contributed by atoms with E-state index < -0.39 is 0 Å². The molecule has 0 saturated carbocycles. The Balaban J connectivity index is 1.58. The molecule has 0 fully saturated rings. The van der Waals surface area contributed by atoms with Gasteiger partial charge < -0.3 is 5.32 Å². The second-order valence-electron chi connectivity index (χ2n) is 7.90. The first-order valence-electron chi connectivity index (χ1n) is 10.5. The highest BCUT2D eigenvalue weighted by atomic mass is 35.5. The van der Waals surface area contributed by atoms with E-state index >= 15 is 0 Å². The van der Waals surface area contributed by atoms with Crippen molar-refractivity contribution in [2.75, 3.05) is 0 Å².